The van der Waals surface area contributed by atoms with Crippen LogP contribution in [0.4, 0.5) is 0 Å². The molecule has 22 heavy (non-hydrogen) atoms. The van der Waals surface area contributed by atoms with Crippen molar-refractivity contribution in [3.8, 4) is 10.9 Å². The Kier molecular flexibility index (Phi) is 4.32. The summed E-state index contributed by atoms with van der Waals surface area (Å²) in [6.07, 6.45) is 2.18. The van der Waals surface area contributed by atoms with Gasteiger partial charge >= 0.3 is 0 Å². The van der Waals surface area contributed by atoms with Gasteiger partial charge in [-0.05, 0) is 30.7 Å². The van der Waals surface area contributed by atoms with E-state index in [1.165, 1.54) is 15.6 Å². The molecule has 1 unspecified atom stereocenters. The van der Waals surface area contributed by atoms with Gasteiger partial charge in [0.15, 0.2) is 0 Å². The normalized spacial score (nSPS) is 19.2. The minimum Gasteiger partial charge on any atom is -0.497 e. The summed E-state index contributed by atoms with van der Waals surface area (Å²) in [4.78, 5) is 4.33. The van der Waals surface area contributed by atoms with Crippen LogP contribution in [0.2, 0.25) is 0 Å². The maximum Gasteiger partial charge on any atom is 0.273 e. The number of benzene rings is 1. The Hall–Kier alpha value is -1.64. The van der Waals surface area contributed by atoms with Crippen LogP contribution in [0.1, 0.15) is 6.42 Å². The number of nitrogens with zero attached hydrogens (tertiary/aromatic N) is 2. The molecule has 2 heterocycles. The van der Waals surface area contributed by atoms with E-state index in [0.29, 0.717) is 30.5 Å². The fourth-order valence-corrected chi connectivity index (χ4v) is 4.36. The Balaban J connectivity index is 1.70. The zero-order valence-electron chi connectivity index (χ0n) is 12.0. The molecule has 0 amide bonds. The van der Waals surface area contributed by atoms with Crippen molar-refractivity contribution in [3.05, 3.63) is 35.8 Å². The molecular formula is C14H16N2O4S2. The topological polar surface area (TPSA) is 68.7 Å². The molecule has 0 spiro atoms. The molecule has 118 valence electrons. The predicted octanol–water partition coefficient (Wildman–Crippen LogP) is 1.99. The van der Waals surface area contributed by atoms with Gasteiger partial charge in [0.25, 0.3) is 5.19 Å². The molecule has 1 aliphatic rings. The van der Waals surface area contributed by atoms with Crippen LogP contribution in [-0.2, 0) is 10.0 Å². The SMILES string of the molecule is COc1ccc(S(=O)(=O)N2CCC(Oc3nccs3)C2)cc1. The highest BCUT2D eigenvalue weighted by Gasteiger charge is 2.33. The summed E-state index contributed by atoms with van der Waals surface area (Å²) in [5.74, 6) is 0.630. The Labute approximate surface area is 133 Å². The number of hydrogen-bond donors (Lipinski definition) is 0. The Bertz CT molecular complexity index is 714. The van der Waals surface area contributed by atoms with Crippen molar-refractivity contribution in [3.63, 3.8) is 0 Å². The Morgan fingerprint density at radius 2 is 2.09 bits per heavy atom. The fourth-order valence-electron chi connectivity index (χ4n) is 2.32. The zero-order chi connectivity index (χ0) is 15.6. The third-order valence-corrected chi connectivity index (χ3v) is 6.02. The van der Waals surface area contributed by atoms with Crippen LogP contribution in [0.5, 0.6) is 10.9 Å². The van der Waals surface area contributed by atoms with Crippen LogP contribution < -0.4 is 9.47 Å². The summed E-state index contributed by atoms with van der Waals surface area (Å²) in [5, 5.41) is 2.41. The van der Waals surface area contributed by atoms with Gasteiger partial charge in [-0.3, -0.25) is 0 Å². The van der Waals surface area contributed by atoms with E-state index in [4.69, 9.17) is 9.47 Å². The molecule has 1 saturated heterocycles. The van der Waals surface area contributed by atoms with Crippen molar-refractivity contribution in [2.45, 2.75) is 17.4 Å². The van der Waals surface area contributed by atoms with Gasteiger partial charge in [-0.15, -0.1) is 0 Å². The molecule has 0 bridgehead atoms. The summed E-state index contributed by atoms with van der Waals surface area (Å²) in [6, 6.07) is 6.41. The Morgan fingerprint density at radius 1 is 1.32 bits per heavy atom. The first-order valence-electron chi connectivity index (χ1n) is 6.80. The number of hydrogen-bond acceptors (Lipinski definition) is 6. The van der Waals surface area contributed by atoms with Crippen LogP contribution >= 0.6 is 11.3 Å². The van der Waals surface area contributed by atoms with E-state index in [1.54, 1.807) is 37.6 Å². The third-order valence-electron chi connectivity index (χ3n) is 3.48. The number of methoxy groups -OCH3 is 1. The second-order valence-corrected chi connectivity index (χ2v) is 7.66. The maximum absolute atomic E-state index is 12.6. The average molecular weight is 340 g/mol. The molecule has 3 rings (SSSR count). The van der Waals surface area contributed by atoms with E-state index >= 15 is 0 Å². The molecule has 0 aliphatic carbocycles. The van der Waals surface area contributed by atoms with Crippen LogP contribution in [0.3, 0.4) is 0 Å². The quantitative estimate of drug-likeness (QED) is 0.833. The number of sulfonamides is 1. The van der Waals surface area contributed by atoms with Crippen LogP contribution in [0.15, 0.2) is 40.7 Å². The first kappa shape index (κ1) is 15.3. The predicted molar refractivity (Wildman–Crippen MR) is 82.9 cm³/mol. The Morgan fingerprint density at radius 3 is 2.73 bits per heavy atom. The van der Waals surface area contributed by atoms with Crippen molar-refractivity contribution in [2.75, 3.05) is 20.2 Å². The van der Waals surface area contributed by atoms with Gasteiger partial charge in [-0.25, -0.2) is 13.4 Å². The molecular weight excluding hydrogens is 324 g/mol. The minimum atomic E-state index is -3.49. The zero-order valence-corrected chi connectivity index (χ0v) is 13.6. The van der Waals surface area contributed by atoms with Crippen molar-refractivity contribution in [2.24, 2.45) is 0 Å². The lowest BCUT2D eigenvalue weighted by Gasteiger charge is -2.16. The van der Waals surface area contributed by atoms with E-state index in [9.17, 15) is 8.42 Å². The second-order valence-electron chi connectivity index (χ2n) is 4.87. The molecule has 1 aromatic carbocycles. The highest BCUT2D eigenvalue weighted by molar-refractivity contribution is 7.89. The van der Waals surface area contributed by atoms with Gasteiger partial charge in [0.05, 0.1) is 18.6 Å². The van der Waals surface area contributed by atoms with Gasteiger partial charge in [-0.2, -0.15) is 4.31 Å². The van der Waals surface area contributed by atoms with E-state index in [2.05, 4.69) is 4.98 Å². The molecule has 1 fully saturated rings. The fraction of sp³-hybridized carbons (Fsp3) is 0.357. The summed E-state index contributed by atoms with van der Waals surface area (Å²) < 4.78 is 37.4. The summed E-state index contributed by atoms with van der Waals surface area (Å²) in [7, 11) is -1.95. The van der Waals surface area contributed by atoms with Gasteiger partial charge in [0.2, 0.25) is 10.0 Å². The maximum atomic E-state index is 12.6. The van der Waals surface area contributed by atoms with Crippen LogP contribution in [0, 0.1) is 0 Å². The van der Waals surface area contributed by atoms with Crippen molar-refractivity contribution in [1.82, 2.24) is 9.29 Å². The summed E-state index contributed by atoms with van der Waals surface area (Å²) in [5.41, 5.74) is 0. The number of rotatable bonds is 5. The molecule has 0 N–H and O–H groups in total. The average Bonchev–Trinajstić information content (AvgIpc) is 3.20. The highest BCUT2D eigenvalue weighted by Crippen LogP contribution is 2.26. The first-order chi connectivity index (χ1) is 10.6. The standard InChI is InChI=1S/C14H16N2O4S2/c1-19-11-2-4-13(5-3-11)22(17,18)16-8-6-12(10-16)20-14-15-7-9-21-14/h2-5,7,9,12H,6,8,10H2,1H3. The lowest BCUT2D eigenvalue weighted by Crippen LogP contribution is -2.31. The lowest BCUT2D eigenvalue weighted by molar-refractivity contribution is 0.214. The monoisotopic (exact) mass is 340 g/mol. The minimum absolute atomic E-state index is 0.154. The third kappa shape index (κ3) is 3.08. The van der Waals surface area contributed by atoms with Gasteiger partial charge < -0.3 is 9.47 Å². The molecule has 1 atom stereocenters. The van der Waals surface area contributed by atoms with Gasteiger partial charge in [0.1, 0.15) is 11.9 Å². The van der Waals surface area contributed by atoms with Crippen LogP contribution in [0.25, 0.3) is 0 Å². The summed E-state index contributed by atoms with van der Waals surface area (Å²) >= 11 is 1.40. The smallest absolute Gasteiger partial charge is 0.273 e. The molecule has 8 heteroatoms. The largest absolute Gasteiger partial charge is 0.497 e. The second kappa shape index (κ2) is 6.23. The highest BCUT2D eigenvalue weighted by atomic mass is 32.2. The molecule has 0 radical (unpaired) electrons. The van der Waals surface area contributed by atoms with Crippen molar-refractivity contribution < 1.29 is 17.9 Å². The van der Waals surface area contributed by atoms with Crippen molar-refractivity contribution >= 4 is 21.4 Å². The first-order valence-corrected chi connectivity index (χ1v) is 9.12. The van der Waals surface area contributed by atoms with E-state index < -0.39 is 10.0 Å². The van der Waals surface area contributed by atoms with E-state index in [1.807, 2.05) is 5.38 Å². The van der Waals surface area contributed by atoms with E-state index in [0.717, 1.165) is 0 Å². The molecule has 1 aromatic heterocycles. The molecule has 2 aromatic rings. The molecule has 0 saturated carbocycles. The van der Waals surface area contributed by atoms with E-state index in [-0.39, 0.29) is 11.0 Å². The van der Waals surface area contributed by atoms with Gasteiger partial charge in [-0.1, -0.05) is 11.3 Å². The van der Waals surface area contributed by atoms with Gasteiger partial charge in [0, 0.05) is 18.1 Å². The molecule has 6 nitrogen and oxygen atoms in total. The number of aromatic nitrogens is 1. The van der Waals surface area contributed by atoms with Crippen LogP contribution in [-0.4, -0.2) is 44.0 Å². The lowest BCUT2D eigenvalue weighted by atomic mass is 10.3. The van der Waals surface area contributed by atoms with Crippen molar-refractivity contribution in [1.29, 1.82) is 0 Å². The number of thiazole rings is 1. The number of ether oxygens (including phenoxy) is 2. The summed E-state index contributed by atoms with van der Waals surface area (Å²) in [6.45, 7) is 0.790. The molecule has 1 aliphatic heterocycles.